The third-order valence-electron chi connectivity index (χ3n) is 2.53. The second-order valence-corrected chi connectivity index (χ2v) is 4.70. The summed E-state index contributed by atoms with van der Waals surface area (Å²) in [5.74, 6) is -1.90. The average molecular weight is 306 g/mol. The molecular formula is C15H30O6. The first kappa shape index (κ1) is 22.1. The fraction of sp³-hybridized carbons (Fsp3) is 0.867. The van der Waals surface area contributed by atoms with Crippen molar-refractivity contribution in [1.82, 2.24) is 0 Å². The third kappa shape index (κ3) is 27.9. The first-order valence-corrected chi connectivity index (χ1v) is 7.72. The van der Waals surface area contributed by atoms with Crippen LogP contribution in [0.2, 0.25) is 0 Å². The molecule has 0 saturated heterocycles. The van der Waals surface area contributed by atoms with Crippen LogP contribution in [0.1, 0.15) is 71.6 Å². The predicted octanol–water partition coefficient (Wildman–Crippen LogP) is 3.64. The van der Waals surface area contributed by atoms with Gasteiger partial charge in [-0.2, -0.15) is 0 Å². The van der Waals surface area contributed by atoms with E-state index in [1.54, 1.807) is 0 Å². The molecule has 126 valence electrons. The van der Waals surface area contributed by atoms with Crippen molar-refractivity contribution in [1.29, 1.82) is 0 Å². The number of carboxylic acid groups (broad SMARTS) is 2. The summed E-state index contributed by atoms with van der Waals surface area (Å²) in [5.41, 5.74) is 0. The minimum absolute atomic E-state index is 0.0632. The summed E-state index contributed by atoms with van der Waals surface area (Å²) < 4.78 is 0. The number of hydrogen-bond acceptors (Lipinski definition) is 4. The zero-order chi connectivity index (χ0) is 16.3. The lowest BCUT2D eigenvalue weighted by atomic mass is 10.2. The number of aliphatic carboxylic acids is 2. The lowest BCUT2D eigenvalue weighted by Gasteiger charge is -2.02. The molecule has 6 heteroatoms. The van der Waals surface area contributed by atoms with Gasteiger partial charge in [-0.25, -0.2) is 9.78 Å². The maximum atomic E-state index is 9.79. The molecule has 0 radical (unpaired) electrons. The van der Waals surface area contributed by atoms with Crippen LogP contribution < -0.4 is 0 Å². The number of rotatable bonds is 13. The maximum absolute atomic E-state index is 9.79. The Morgan fingerprint density at radius 2 is 1.10 bits per heavy atom. The van der Waals surface area contributed by atoms with E-state index < -0.39 is 11.9 Å². The van der Waals surface area contributed by atoms with Crippen molar-refractivity contribution in [2.45, 2.75) is 71.6 Å². The molecule has 0 bridgehead atoms. The van der Waals surface area contributed by atoms with Crippen LogP contribution in [-0.2, 0) is 19.4 Å². The molecule has 0 aromatic rings. The molecule has 0 heterocycles. The Morgan fingerprint density at radius 1 is 0.714 bits per heavy atom. The van der Waals surface area contributed by atoms with Gasteiger partial charge in [0.25, 0.3) is 0 Å². The Labute approximate surface area is 127 Å². The zero-order valence-electron chi connectivity index (χ0n) is 13.3. The quantitative estimate of drug-likeness (QED) is 0.306. The zero-order valence-corrected chi connectivity index (χ0v) is 13.3. The van der Waals surface area contributed by atoms with E-state index in [-0.39, 0.29) is 19.3 Å². The Hall–Kier alpha value is -1.14. The van der Waals surface area contributed by atoms with Gasteiger partial charge in [0.2, 0.25) is 0 Å². The van der Waals surface area contributed by atoms with Crippen LogP contribution >= 0.6 is 0 Å². The Balaban J connectivity index is 0. The highest BCUT2D eigenvalue weighted by atomic mass is 17.2. The molecule has 21 heavy (non-hydrogen) atoms. The van der Waals surface area contributed by atoms with Gasteiger partial charge in [-0.15, -0.1) is 0 Å². The fourth-order valence-electron chi connectivity index (χ4n) is 1.33. The van der Waals surface area contributed by atoms with Crippen LogP contribution in [0.5, 0.6) is 0 Å². The largest absolute Gasteiger partial charge is 0.481 e. The van der Waals surface area contributed by atoms with Gasteiger partial charge in [-0.05, 0) is 19.3 Å². The fourth-order valence-corrected chi connectivity index (χ4v) is 1.33. The van der Waals surface area contributed by atoms with Crippen molar-refractivity contribution in [3.8, 4) is 0 Å². The number of unbranched alkanes of at least 4 members (excludes halogenated alkanes) is 4. The third-order valence-corrected chi connectivity index (χ3v) is 2.53. The normalized spacial score (nSPS) is 9.81. The van der Waals surface area contributed by atoms with Crippen molar-refractivity contribution in [2.75, 3.05) is 13.2 Å². The lowest BCUT2D eigenvalue weighted by molar-refractivity contribution is -0.295. The molecule has 0 aliphatic rings. The van der Waals surface area contributed by atoms with Gasteiger partial charge in [0.15, 0.2) is 0 Å². The predicted molar refractivity (Wildman–Crippen MR) is 80.1 cm³/mol. The van der Waals surface area contributed by atoms with Crippen molar-refractivity contribution in [3.05, 3.63) is 0 Å². The van der Waals surface area contributed by atoms with Crippen LogP contribution in [-0.4, -0.2) is 35.4 Å². The molecule has 0 unspecified atom stereocenters. The molecule has 0 aliphatic carbocycles. The summed E-state index contributed by atoms with van der Waals surface area (Å²) in [7, 11) is 0. The van der Waals surface area contributed by atoms with Crippen molar-refractivity contribution in [2.24, 2.45) is 0 Å². The van der Waals surface area contributed by atoms with Gasteiger partial charge in [0.1, 0.15) is 0 Å². The lowest BCUT2D eigenvalue weighted by Crippen LogP contribution is -1.98. The first-order chi connectivity index (χ1) is 10.0. The van der Waals surface area contributed by atoms with Crippen LogP contribution in [0.15, 0.2) is 0 Å². The van der Waals surface area contributed by atoms with Gasteiger partial charge < -0.3 is 10.2 Å². The summed E-state index contributed by atoms with van der Waals surface area (Å²) in [4.78, 5) is 29.5. The monoisotopic (exact) mass is 306 g/mol. The highest BCUT2D eigenvalue weighted by molar-refractivity contribution is 5.69. The maximum Gasteiger partial charge on any atom is 0.303 e. The highest BCUT2D eigenvalue weighted by Gasteiger charge is 1.99. The molecule has 0 amide bonds. The van der Waals surface area contributed by atoms with Crippen molar-refractivity contribution >= 4 is 11.9 Å². The topological polar surface area (TPSA) is 93.1 Å². The highest BCUT2D eigenvalue weighted by Crippen LogP contribution is 1.97. The van der Waals surface area contributed by atoms with Gasteiger partial charge in [0.05, 0.1) is 13.2 Å². The van der Waals surface area contributed by atoms with E-state index in [9.17, 15) is 9.59 Å². The molecule has 2 N–H and O–H groups in total. The SMILES string of the molecule is CCCCCOOCCCCC.O=C(O)CCCC(=O)O. The van der Waals surface area contributed by atoms with E-state index in [1.165, 1.54) is 25.7 Å². The summed E-state index contributed by atoms with van der Waals surface area (Å²) in [6.07, 6.45) is 7.26. The molecular weight excluding hydrogens is 276 g/mol. The van der Waals surface area contributed by atoms with E-state index in [0.29, 0.717) is 0 Å². The average Bonchev–Trinajstić information content (AvgIpc) is 2.42. The minimum Gasteiger partial charge on any atom is -0.481 e. The molecule has 6 nitrogen and oxygen atoms in total. The summed E-state index contributed by atoms with van der Waals surface area (Å²) in [5, 5.41) is 16.1. The standard InChI is InChI=1S/C10H22O2.C5H8O4/c1-3-5-7-9-11-12-10-8-6-4-2;6-4(7)2-1-3-5(8)9/h3-10H2,1-2H3;1-3H2,(H,6,7)(H,8,9). The first-order valence-electron chi connectivity index (χ1n) is 7.72. The molecule has 0 spiro atoms. The van der Waals surface area contributed by atoms with E-state index in [0.717, 1.165) is 26.1 Å². The molecule has 0 aromatic heterocycles. The number of hydrogen-bond donors (Lipinski definition) is 2. The Morgan fingerprint density at radius 3 is 1.38 bits per heavy atom. The van der Waals surface area contributed by atoms with Gasteiger partial charge >= 0.3 is 11.9 Å². The van der Waals surface area contributed by atoms with Crippen LogP contribution in [0.3, 0.4) is 0 Å². The Kier molecular flexibility index (Phi) is 19.9. The smallest absolute Gasteiger partial charge is 0.303 e. The summed E-state index contributed by atoms with van der Waals surface area (Å²) in [6.45, 7) is 5.87. The Bertz CT molecular complexity index is 218. The van der Waals surface area contributed by atoms with Gasteiger partial charge in [0, 0.05) is 12.8 Å². The van der Waals surface area contributed by atoms with Crippen LogP contribution in [0.4, 0.5) is 0 Å². The van der Waals surface area contributed by atoms with Crippen molar-refractivity contribution in [3.63, 3.8) is 0 Å². The number of carboxylic acids is 2. The van der Waals surface area contributed by atoms with E-state index in [1.807, 2.05) is 0 Å². The molecule has 0 aromatic carbocycles. The van der Waals surface area contributed by atoms with E-state index in [4.69, 9.17) is 20.0 Å². The molecule has 0 atom stereocenters. The van der Waals surface area contributed by atoms with Crippen molar-refractivity contribution < 1.29 is 29.6 Å². The van der Waals surface area contributed by atoms with Crippen LogP contribution in [0.25, 0.3) is 0 Å². The van der Waals surface area contributed by atoms with Gasteiger partial charge in [-0.3, -0.25) is 9.59 Å². The summed E-state index contributed by atoms with van der Waals surface area (Å²) in [6, 6.07) is 0. The van der Waals surface area contributed by atoms with Gasteiger partial charge in [-0.1, -0.05) is 39.5 Å². The summed E-state index contributed by atoms with van der Waals surface area (Å²) >= 11 is 0. The van der Waals surface area contributed by atoms with Crippen LogP contribution in [0, 0.1) is 0 Å². The molecule has 0 fully saturated rings. The second-order valence-electron chi connectivity index (χ2n) is 4.70. The molecule has 0 rings (SSSR count). The minimum atomic E-state index is -0.948. The molecule has 0 aliphatic heterocycles. The second kappa shape index (κ2) is 18.9. The van der Waals surface area contributed by atoms with E-state index in [2.05, 4.69) is 13.8 Å². The number of carbonyl (C=O) groups is 2. The van der Waals surface area contributed by atoms with E-state index >= 15 is 0 Å². The molecule has 0 saturated carbocycles.